The smallest absolute Gasteiger partial charge is 0.241 e. The van der Waals surface area contributed by atoms with Crippen molar-refractivity contribution in [3.63, 3.8) is 0 Å². The van der Waals surface area contributed by atoms with E-state index in [4.69, 9.17) is 5.26 Å². The number of nitrogens with one attached hydrogen (secondary N) is 1. The molecule has 0 aliphatic heterocycles. The van der Waals surface area contributed by atoms with Crippen LogP contribution in [0.4, 0.5) is 0 Å². The van der Waals surface area contributed by atoms with Crippen LogP contribution in [-0.4, -0.2) is 37.4 Å². The number of nitriles is 1. The Bertz CT molecular complexity index is 607. The van der Waals surface area contributed by atoms with Crippen molar-refractivity contribution >= 4 is 10.0 Å². The zero-order valence-electron chi connectivity index (χ0n) is 11.4. The van der Waals surface area contributed by atoms with Crippen LogP contribution >= 0.6 is 0 Å². The van der Waals surface area contributed by atoms with Crippen molar-refractivity contribution in [2.45, 2.75) is 30.7 Å². The van der Waals surface area contributed by atoms with Crippen molar-refractivity contribution < 1.29 is 18.6 Å². The molecule has 1 rings (SSSR count). The van der Waals surface area contributed by atoms with E-state index in [1.165, 1.54) is 12.1 Å². The van der Waals surface area contributed by atoms with Crippen molar-refractivity contribution in [2.24, 2.45) is 0 Å². The van der Waals surface area contributed by atoms with Crippen molar-refractivity contribution in [1.82, 2.24) is 4.72 Å². The average Bonchev–Trinajstić information content (AvgIpc) is 2.45. The van der Waals surface area contributed by atoms with Crippen LogP contribution in [-0.2, 0) is 10.0 Å². The largest absolute Gasteiger partial charge is 0.394 e. The average molecular weight is 298 g/mol. The molecule has 1 aromatic carbocycles. The second kappa shape index (κ2) is 6.33. The summed E-state index contributed by atoms with van der Waals surface area (Å²) < 4.78 is 27.1. The van der Waals surface area contributed by atoms with Crippen molar-refractivity contribution in [1.29, 1.82) is 5.26 Å². The highest BCUT2D eigenvalue weighted by Crippen LogP contribution is 2.20. The van der Waals surface area contributed by atoms with Crippen molar-refractivity contribution in [3.8, 4) is 6.07 Å². The zero-order valence-corrected chi connectivity index (χ0v) is 12.2. The molecule has 0 saturated heterocycles. The second-order valence-corrected chi connectivity index (χ2v) is 6.30. The molecule has 0 spiro atoms. The van der Waals surface area contributed by atoms with Crippen LogP contribution in [0, 0.1) is 18.3 Å². The van der Waals surface area contributed by atoms with E-state index in [9.17, 15) is 18.6 Å². The topological polar surface area (TPSA) is 110 Å². The lowest BCUT2D eigenvalue weighted by molar-refractivity contribution is 0.105. The van der Waals surface area contributed by atoms with Gasteiger partial charge in [0.1, 0.15) is 0 Å². The van der Waals surface area contributed by atoms with Crippen molar-refractivity contribution in [2.75, 3.05) is 13.2 Å². The van der Waals surface area contributed by atoms with Gasteiger partial charge >= 0.3 is 0 Å². The van der Waals surface area contributed by atoms with Gasteiger partial charge in [0.05, 0.1) is 35.3 Å². The summed E-state index contributed by atoms with van der Waals surface area (Å²) >= 11 is 0. The molecule has 110 valence electrons. The fraction of sp³-hybridized carbons (Fsp3) is 0.462. The first-order chi connectivity index (χ1) is 9.34. The molecule has 0 heterocycles. The van der Waals surface area contributed by atoms with Gasteiger partial charge in [0.15, 0.2) is 0 Å². The van der Waals surface area contributed by atoms with Gasteiger partial charge in [-0.15, -0.1) is 0 Å². The maximum atomic E-state index is 12.4. The molecule has 0 radical (unpaired) electrons. The van der Waals surface area contributed by atoms with Crippen LogP contribution in [0.15, 0.2) is 23.1 Å². The first-order valence-electron chi connectivity index (χ1n) is 6.10. The standard InChI is InChI=1S/C13H18N2O4S/c1-3-13(8-16,9-17)15-20(18,19)12-6-11(7-14)5-4-10(12)2/h4-6,15-17H,3,8-9H2,1-2H3. The molecule has 6 nitrogen and oxygen atoms in total. The lowest BCUT2D eigenvalue weighted by Crippen LogP contribution is -2.53. The maximum Gasteiger partial charge on any atom is 0.241 e. The quantitative estimate of drug-likeness (QED) is 0.698. The minimum absolute atomic E-state index is 0.0312. The summed E-state index contributed by atoms with van der Waals surface area (Å²) in [7, 11) is -3.94. The number of hydrogen-bond acceptors (Lipinski definition) is 5. The Balaban J connectivity index is 3.28. The third-order valence-corrected chi connectivity index (χ3v) is 4.96. The normalized spacial score (nSPS) is 12.2. The summed E-state index contributed by atoms with van der Waals surface area (Å²) in [5.41, 5.74) is -0.600. The summed E-state index contributed by atoms with van der Waals surface area (Å²) in [5, 5.41) is 27.5. The van der Waals surface area contributed by atoms with Crippen LogP contribution in [0.5, 0.6) is 0 Å². The monoisotopic (exact) mass is 298 g/mol. The number of nitrogens with zero attached hydrogens (tertiary/aromatic N) is 1. The van der Waals surface area contributed by atoms with E-state index < -0.39 is 28.8 Å². The van der Waals surface area contributed by atoms with Crippen LogP contribution in [0.2, 0.25) is 0 Å². The molecular weight excluding hydrogens is 280 g/mol. The van der Waals surface area contributed by atoms with Gasteiger partial charge < -0.3 is 10.2 Å². The lowest BCUT2D eigenvalue weighted by Gasteiger charge is -2.29. The minimum Gasteiger partial charge on any atom is -0.394 e. The van der Waals surface area contributed by atoms with E-state index in [1.807, 2.05) is 6.07 Å². The van der Waals surface area contributed by atoms with E-state index in [-0.39, 0.29) is 16.9 Å². The summed E-state index contributed by atoms with van der Waals surface area (Å²) in [6, 6.07) is 6.22. The maximum absolute atomic E-state index is 12.4. The molecule has 7 heteroatoms. The summed E-state index contributed by atoms with van der Waals surface area (Å²) in [6.45, 7) is 2.24. The molecule has 0 aliphatic rings. The van der Waals surface area contributed by atoms with E-state index in [2.05, 4.69) is 4.72 Å². The Morgan fingerprint density at radius 1 is 1.35 bits per heavy atom. The summed E-state index contributed by atoms with van der Waals surface area (Å²) in [6.07, 6.45) is 0.232. The number of benzene rings is 1. The Kier molecular flexibility index (Phi) is 5.25. The van der Waals surface area contributed by atoms with Gasteiger partial charge in [-0.3, -0.25) is 0 Å². The number of aliphatic hydroxyl groups excluding tert-OH is 2. The van der Waals surface area contributed by atoms with Crippen LogP contribution < -0.4 is 4.72 Å². The fourth-order valence-electron chi connectivity index (χ4n) is 1.71. The Labute approximate surface area is 118 Å². The summed E-state index contributed by atoms with van der Waals surface area (Å²) in [5.74, 6) is 0. The van der Waals surface area contributed by atoms with Gasteiger partial charge in [-0.25, -0.2) is 13.1 Å². The molecule has 3 N–H and O–H groups in total. The van der Waals surface area contributed by atoms with Gasteiger partial charge in [0.2, 0.25) is 10.0 Å². The summed E-state index contributed by atoms with van der Waals surface area (Å²) in [4.78, 5) is -0.0312. The molecule has 0 amide bonds. The van der Waals surface area contributed by atoms with Gasteiger partial charge in [-0.05, 0) is 31.0 Å². The van der Waals surface area contributed by atoms with Gasteiger partial charge in [0, 0.05) is 0 Å². The number of rotatable bonds is 6. The predicted octanol–water partition coefficient (Wildman–Crippen LogP) is 0.278. The molecule has 0 saturated carbocycles. The molecule has 0 atom stereocenters. The number of hydrogen-bond donors (Lipinski definition) is 3. The second-order valence-electron chi connectivity index (χ2n) is 4.65. The van der Waals surface area contributed by atoms with Gasteiger partial charge in [-0.1, -0.05) is 13.0 Å². The van der Waals surface area contributed by atoms with Gasteiger partial charge in [-0.2, -0.15) is 5.26 Å². The number of aryl methyl sites for hydroxylation is 1. The minimum atomic E-state index is -3.94. The third kappa shape index (κ3) is 3.35. The molecule has 1 aromatic rings. The molecule has 0 bridgehead atoms. The zero-order chi connectivity index (χ0) is 15.4. The SMILES string of the molecule is CCC(CO)(CO)NS(=O)(=O)c1cc(C#N)ccc1C. The van der Waals surface area contributed by atoms with Gasteiger partial charge in [0.25, 0.3) is 0 Å². The number of sulfonamides is 1. The van der Waals surface area contributed by atoms with E-state index in [0.29, 0.717) is 5.56 Å². The van der Waals surface area contributed by atoms with E-state index >= 15 is 0 Å². The Morgan fingerprint density at radius 3 is 2.40 bits per heavy atom. The lowest BCUT2D eigenvalue weighted by atomic mass is 10.0. The van der Waals surface area contributed by atoms with Crippen LogP contribution in [0.3, 0.4) is 0 Å². The molecule has 0 fully saturated rings. The van der Waals surface area contributed by atoms with E-state index in [1.54, 1.807) is 19.9 Å². The highest BCUT2D eigenvalue weighted by molar-refractivity contribution is 7.89. The van der Waals surface area contributed by atoms with Crippen LogP contribution in [0.25, 0.3) is 0 Å². The first-order valence-corrected chi connectivity index (χ1v) is 7.59. The molecule has 0 aliphatic carbocycles. The highest BCUT2D eigenvalue weighted by Gasteiger charge is 2.33. The molecule has 20 heavy (non-hydrogen) atoms. The fourth-order valence-corrected chi connectivity index (χ4v) is 3.44. The molecule has 0 unspecified atom stereocenters. The molecular formula is C13H18N2O4S. The molecule has 0 aromatic heterocycles. The van der Waals surface area contributed by atoms with Crippen LogP contribution in [0.1, 0.15) is 24.5 Å². The number of aliphatic hydroxyl groups is 2. The first kappa shape index (κ1) is 16.6. The van der Waals surface area contributed by atoms with Crippen molar-refractivity contribution in [3.05, 3.63) is 29.3 Å². The predicted molar refractivity (Wildman–Crippen MR) is 73.4 cm³/mol. The Morgan fingerprint density at radius 2 is 1.95 bits per heavy atom. The highest BCUT2D eigenvalue weighted by atomic mass is 32.2. The van der Waals surface area contributed by atoms with E-state index in [0.717, 1.165) is 0 Å². The third-order valence-electron chi connectivity index (χ3n) is 3.24. The Hall–Kier alpha value is -1.46.